The predicted octanol–water partition coefficient (Wildman–Crippen LogP) is 3.24. The molecule has 3 aromatic rings. The van der Waals surface area contributed by atoms with Gasteiger partial charge in [0.1, 0.15) is 0 Å². The van der Waals surface area contributed by atoms with Gasteiger partial charge in [0, 0.05) is 6.04 Å². The molecule has 0 aliphatic heterocycles. The largest absolute Gasteiger partial charge is 0.419 e. The van der Waals surface area contributed by atoms with E-state index in [1.54, 1.807) is 15.6 Å². The minimum atomic E-state index is -0.0483. The maximum atomic E-state index is 12.8. The average Bonchev–Trinajstić information content (AvgIpc) is 3.25. The average molecular weight is 434 g/mol. The highest BCUT2D eigenvalue weighted by atomic mass is 35.5. The molecule has 1 aromatic carbocycles. The molecular weight excluding hydrogens is 414 g/mol. The van der Waals surface area contributed by atoms with Crippen LogP contribution in [0.15, 0.2) is 33.8 Å². The van der Waals surface area contributed by atoms with Crippen LogP contribution in [-0.2, 0) is 11.3 Å². The lowest BCUT2D eigenvalue weighted by atomic mass is 10.2. The molecule has 0 saturated heterocycles. The summed E-state index contributed by atoms with van der Waals surface area (Å²) in [4.78, 5) is 14.5. The van der Waals surface area contributed by atoms with Gasteiger partial charge >= 0.3 is 0 Å². The van der Waals surface area contributed by atoms with Gasteiger partial charge in [0.05, 0.1) is 28.9 Å². The first kappa shape index (κ1) is 19.8. The number of hydrogen-bond donors (Lipinski definition) is 0. The number of hydrogen-bond acceptors (Lipinski definition) is 8. The molecule has 2 heterocycles. The first-order valence-electron chi connectivity index (χ1n) is 9.30. The number of carbonyl (C=O) groups is 1. The van der Waals surface area contributed by atoms with Gasteiger partial charge in [0.15, 0.2) is 0 Å². The Kier molecular flexibility index (Phi) is 5.81. The van der Waals surface area contributed by atoms with Crippen molar-refractivity contribution < 1.29 is 9.21 Å². The molecule has 1 amide bonds. The monoisotopic (exact) mass is 433 g/mol. The first-order valence-corrected chi connectivity index (χ1v) is 10.7. The van der Waals surface area contributed by atoms with Gasteiger partial charge in [-0.1, -0.05) is 35.5 Å². The summed E-state index contributed by atoms with van der Waals surface area (Å²) in [5.41, 5.74) is 0.665. The normalized spacial score (nSPS) is 13.8. The van der Waals surface area contributed by atoms with Gasteiger partial charge < -0.3 is 9.32 Å². The summed E-state index contributed by atoms with van der Waals surface area (Å²) >= 11 is 7.53. The minimum absolute atomic E-state index is 0.0295. The molecule has 2 aromatic heterocycles. The van der Waals surface area contributed by atoms with Crippen LogP contribution in [0.25, 0.3) is 11.5 Å². The highest BCUT2D eigenvalue weighted by Crippen LogP contribution is 2.36. The Balaban J connectivity index is 1.42. The predicted molar refractivity (Wildman–Crippen MR) is 107 cm³/mol. The van der Waals surface area contributed by atoms with E-state index in [-0.39, 0.29) is 24.2 Å². The zero-order valence-electron chi connectivity index (χ0n) is 16.0. The molecule has 1 aliphatic rings. The number of carbonyl (C=O) groups excluding carboxylic acids is 1. The lowest BCUT2D eigenvalue weighted by Crippen LogP contribution is -2.37. The van der Waals surface area contributed by atoms with E-state index in [2.05, 4.69) is 25.7 Å². The molecule has 0 unspecified atom stereocenters. The maximum absolute atomic E-state index is 12.8. The van der Waals surface area contributed by atoms with Gasteiger partial charge in [-0.05, 0) is 49.2 Å². The molecule has 1 saturated carbocycles. The Morgan fingerprint density at radius 1 is 1.31 bits per heavy atom. The van der Waals surface area contributed by atoms with E-state index in [4.69, 9.17) is 16.0 Å². The number of aromatic nitrogens is 6. The van der Waals surface area contributed by atoms with Crippen LogP contribution in [-0.4, -0.2) is 53.0 Å². The number of tetrazole rings is 1. The minimum Gasteiger partial charge on any atom is -0.419 e. The van der Waals surface area contributed by atoms with E-state index in [9.17, 15) is 4.79 Å². The molecule has 0 bridgehead atoms. The Bertz CT molecular complexity index is 1000. The Morgan fingerprint density at radius 2 is 2.10 bits per heavy atom. The number of rotatable bonds is 8. The van der Waals surface area contributed by atoms with Crippen molar-refractivity contribution in [2.45, 2.75) is 50.5 Å². The van der Waals surface area contributed by atoms with Crippen LogP contribution < -0.4 is 0 Å². The van der Waals surface area contributed by atoms with Gasteiger partial charge in [0.2, 0.25) is 22.8 Å². The summed E-state index contributed by atoms with van der Waals surface area (Å²) in [6, 6.07) is 7.59. The van der Waals surface area contributed by atoms with Gasteiger partial charge in [0.25, 0.3) is 0 Å². The SMILES string of the molecule is CC(C)N(Cc1nnc(-c2ccccc2Cl)o1)C(=O)CSc1nnnn1C1CC1. The van der Waals surface area contributed by atoms with Crippen molar-refractivity contribution in [2.75, 3.05) is 5.75 Å². The highest BCUT2D eigenvalue weighted by Gasteiger charge is 2.29. The zero-order chi connectivity index (χ0) is 20.4. The lowest BCUT2D eigenvalue weighted by molar-refractivity contribution is -0.131. The summed E-state index contributed by atoms with van der Waals surface area (Å²) in [5, 5.41) is 21.1. The number of halogens is 1. The fourth-order valence-electron chi connectivity index (χ4n) is 2.80. The molecule has 1 fully saturated rings. The Labute approximate surface area is 176 Å². The second-order valence-electron chi connectivity index (χ2n) is 7.02. The second kappa shape index (κ2) is 8.50. The van der Waals surface area contributed by atoms with Gasteiger partial charge in [-0.15, -0.1) is 15.3 Å². The van der Waals surface area contributed by atoms with Crippen LogP contribution in [0.2, 0.25) is 5.02 Å². The topological polar surface area (TPSA) is 103 Å². The lowest BCUT2D eigenvalue weighted by Gasteiger charge is -2.24. The molecule has 4 rings (SSSR count). The van der Waals surface area contributed by atoms with Crippen molar-refractivity contribution in [3.63, 3.8) is 0 Å². The molecule has 1 aliphatic carbocycles. The van der Waals surface area contributed by atoms with Gasteiger partial charge in [-0.25, -0.2) is 4.68 Å². The van der Waals surface area contributed by atoms with E-state index in [0.29, 0.717) is 33.6 Å². The summed E-state index contributed by atoms with van der Waals surface area (Å²) in [7, 11) is 0. The third-order valence-electron chi connectivity index (χ3n) is 4.50. The number of benzene rings is 1. The second-order valence-corrected chi connectivity index (χ2v) is 8.37. The molecule has 0 radical (unpaired) electrons. The van der Waals surface area contributed by atoms with E-state index in [1.165, 1.54) is 11.8 Å². The van der Waals surface area contributed by atoms with Crippen molar-refractivity contribution in [1.29, 1.82) is 0 Å². The summed E-state index contributed by atoms with van der Waals surface area (Å²) in [6.45, 7) is 4.12. The molecule has 29 heavy (non-hydrogen) atoms. The van der Waals surface area contributed by atoms with E-state index in [1.807, 2.05) is 32.0 Å². The van der Waals surface area contributed by atoms with Gasteiger partial charge in [-0.3, -0.25) is 4.79 Å². The number of thioether (sulfide) groups is 1. The third kappa shape index (κ3) is 4.59. The Morgan fingerprint density at radius 3 is 2.83 bits per heavy atom. The molecular formula is C18H20ClN7O2S. The molecule has 9 nitrogen and oxygen atoms in total. The van der Waals surface area contributed by atoms with Crippen LogP contribution in [0, 0.1) is 0 Å². The van der Waals surface area contributed by atoms with Crippen molar-refractivity contribution in [3.8, 4) is 11.5 Å². The summed E-state index contributed by atoms with van der Waals surface area (Å²) < 4.78 is 7.54. The highest BCUT2D eigenvalue weighted by molar-refractivity contribution is 7.99. The smallest absolute Gasteiger partial charge is 0.249 e. The van der Waals surface area contributed by atoms with Crippen molar-refractivity contribution >= 4 is 29.3 Å². The summed E-state index contributed by atoms with van der Waals surface area (Å²) in [6.07, 6.45) is 2.16. The van der Waals surface area contributed by atoms with Crippen LogP contribution in [0.5, 0.6) is 0 Å². The van der Waals surface area contributed by atoms with E-state index in [0.717, 1.165) is 12.8 Å². The molecule has 11 heteroatoms. The van der Waals surface area contributed by atoms with Crippen molar-refractivity contribution in [2.24, 2.45) is 0 Å². The first-order chi connectivity index (χ1) is 14.0. The van der Waals surface area contributed by atoms with Crippen molar-refractivity contribution in [3.05, 3.63) is 35.2 Å². The van der Waals surface area contributed by atoms with Gasteiger partial charge in [-0.2, -0.15) is 0 Å². The number of nitrogens with zero attached hydrogens (tertiary/aromatic N) is 7. The molecule has 0 spiro atoms. The maximum Gasteiger partial charge on any atom is 0.249 e. The van der Waals surface area contributed by atoms with Crippen LogP contribution >= 0.6 is 23.4 Å². The Hall–Kier alpha value is -2.46. The standard InChI is InChI=1S/C18H20ClN7O2S/c1-11(2)25(16(27)10-29-18-22-23-24-26(18)12-7-8-12)9-15-20-21-17(28-15)13-5-3-4-6-14(13)19/h3-6,11-12H,7-10H2,1-2H3. The van der Waals surface area contributed by atoms with E-state index >= 15 is 0 Å². The third-order valence-corrected chi connectivity index (χ3v) is 5.75. The fourth-order valence-corrected chi connectivity index (χ4v) is 3.85. The quantitative estimate of drug-likeness (QED) is 0.499. The number of amides is 1. The van der Waals surface area contributed by atoms with Crippen LogP contribution in [0.3, 0.4) is 0 Å². The van der Waals surface area contributed by atoms with Crippen LogP contribution in [0.4, 0.5) is 0 Å². The molecule has 0 N–H and O–H groups in total. The zero-order valence-corrected chi connectivity index (χ0v) is 17.6. The molecule has 0 atom stereocenters. The molecule has 152 valence electrons. The summed E-state index contributed by atoms with van der Waals surface area (Å²) in [5.74, 6) is 0.874. The van der Waals surface area contributed by atoms with Crippen LogP contribution in [0.1, 0.15) is 38.6 Å². The van der Waals surface area contributed by atoms with Crippen molar-refractivity contribution in [1.82, 2.24) is 35.3 Å². The fraction of sp³-hybridized carbons (Fsp3) is 0.444. The van der Waals surface area contributed by atoms with E-state index < -0.39 is 0 Å².